The van der Waals surface area contributed by atoms with Crippen molar-refractivity contribution < 1.29 is 9.18 Å². The van der Waals surface area contributed by atoms with E-state index in [2.05, 4.69) is 15.6 Å². The highest BCUT2D eigenvalue weighted by Gasteiger charge is 2.51. The molecule has 5 nitrogen and oxygen atoms in total. The highest BCUT2D eigenvalue weighted by Crippen LogP contribution is 2.61. The zero-order valence-electron chi connectivity index (χ0n) is 14.2. The van der Waals surface area contributed by atoms with Gasteiger partial charge in [0.2, 0.25) is 11.9 Å². The molecule has 0 unspecified atom stereocenters. The number of amides is 1. The number of hydrogen-bond acceptors (Lipinski definition) is 3. The first-order valence-electron chi connectivity index (χ1n) is 9.10. The number of nitrogens with zero attached hydrogens (tertiary/aromatic N) is 3. The van der Waals surface area contributed by atoms with Crippen molar-refractivity contribution in [2.45, 2.75) is 58.4 Å². The van der Waals surface area contributed by atoms with Gasteiger partial charge in [0, 0.05) is 13.0 Å². The molecule has 4 aliphatic carbocycles. The molecule has 4 saturated carbocycles. The SMILES string of the molecule is CCn1ncc(/C=N/NC(=O)CC23CC4CC(CC(C4)C2)C3)c1F. The highest BCUT2D eigenvalue weighted by atomic mass is 19.1. The van der Waals surface area contributed by atoms with Gasteiger partial charge in [-0.05, 0) is 68.6 Å². The lowest BCUT2D eigenvalue weighted by Gasteiger charge is -2.56. The molecular formula is C18H25FN4O. The van der Waals surface area contributed by atoms with Crippen molar-refractivity contribution in [2.24, 2.45) is 28.3 Å². The van der Waals surface area contributed by atoms with E-state index >= 15 is 0 Å². The Morgan fingerprint density at radius 1 is 1.38 bits per heavy atom. The summed E-state index contributed by atoms with van der Waals surface area (Å²) in [7, 11) is 0. The lowest BCUT2D eigenvalue weighted by atomic mass is 9.49. The smallest absolute Gasteiger partial charge is 0.240 e. The van der Waals surface area contributed by atoms with Crippen molar-refractivity contribution in [2.75, 3.05) is 0 Å². The Hall–Kier alpha value is -1.72. The fraction of sp³-hybridized carbons (Fsp3) is 0.722. The van der Waals surface area contributed by atoms with Gasteiger partial charge in [-0.25, -0.2) is 10.1 Å². The van der Waals surface area contributed by atoms with Crippen LogP contribution in [0.4, 0.5) is 4.39 Å². The molecule has 0 aliphatic heterocycles. The van der Waals surface area contributed by atoms with Gasteiger partial charge in [0.15, 0.2) is 0 Å². The molecule has 0 atom stereocenters. The second kappa shape index (κ2) is 5.97. The van der Waals surface area contributed by atoms with Gasteiger partial charge in [-0.3, -0.25) is 4.79 Å². The summed E-state index contributed by atoms with van der Waals surface area (Å²) in [4.78, 5) is 12.3. The van der Waals surface area contributed by atoms with Crippen LogP contribution in [0.2, 0.25) is 0 Å². The molecule has 0 saturated heterocycles. The number of hydrazone groups is 1. The Morgan fingerprint density at radius 2 is 2.00 bits per heavy atom. The van der Waals surface area contributed by atoms with E-state index in [4.69, 9.17) is 0 Å². The zero-order chi connectivity index (χ0) is 16.7. The van der Waals surface area contributed by atoms with Crippen molar-refractivity contribution in [3.8, 4) is 0 Å². The maximum atomic E-state index is 13.8. The third-order valence-corrected chi connectivity index (χ3v) is 6.19. The van der Waals surface area contributed by atoms with Crippen molar-refractivity contribution in [3.05, 3.63) is 17.7 Å². The molecule has 4 bridgehead atoms. The topological polar surface area (TPSA) is 59.3 Å². The molecule has 1 amide bonds. The van der Waals surface area contributed by atoms with E-state index in [0.29, 0.717) is 18.5 Å². The molecule has 1 aromatic rings. The van der Waals surface area contributed by atoms with E-state index in [1.165, 1.54) is 55.6 Å². The Labute approximate surface area is 141 Å². The number of hydrogen-bond donors (Lipinski definition) is 1. The third-order valence-electron chi connectivity index (χ3n) is 6.19. The van der Waals surface area contributed by atoms with E-state index in [9.17, 15) is 9.18 Å². The minimum absolute atomic E-state index is 0.0449. The van der Waals surface area contributed by atoms with Crippen LogP contribution < -0.4 is 5.43 Å². The second-order valence-corrected chi connectivity index (χ2v) is 8.09. The summed E-state index contributed by atoms with van der Waals surface area (Å²) in [6.07, 6.45) is 11.1. The lowest BCUT2D eigenvalue weighted by molar-refractivity contribution is -0.129. The van der Waals surface area contributed by atoms with E-state index in [1.54, 1.807) is 0 Å². The summed E-state index contributed by atoms with van der Waals surface area (Å²) >= 11 is 0. The summed E-state index contributed by atoms with van der Waals surface area (Å²) in [6, 6.07) is 0. The Balaban J connectivity index is 1.35. The van der Waals surface area contributed by atoms with Gasteiger partial charge >= 0.3 is 0 Å². The number of rotatable bonds is 5. The summed E-state index contributed by atoms with van der Waals surface area (Å²) in [5, 5.41) is 7.85. The van der Waals surface area contributed by atoms with Crippen LogP contribution in [-0.2, 0) is 11.3 Å². The molecule has 4 fully saturated rings. The monoisotopic (exact) mass is 332 g/mol. The van der Waals surface area contributed by atoms with Gasteiger partial charge in [-0.2, -0.15) is 14.6 Å². The van der Waals surface area contributed by atoms with Gasteiger partial charge in [-0.15, -0.1) is 0 Å². The predicted molar refractivity (Wildman–Crippen MR) is 88.8 cm³/mol. The summed E-state index contributed by atoms with van der Waals surface area (Å²) in [5.41, 5.74) is 3.09. The van der Waals surface area contributed by atoms with Gasteiger partial charge in [0.25, 0.3) is 0 Å². The van der Waals surface area contributed by atoms with Crippen LogP contribution in [0, 0.1) is 29.1 Å². The molecule has 1 N–H and O–H groups in total. The quantitative estimate of drug-likeness (QED) is 0.665. The first kappa shape index (κ1) is 15.8. The fourth-order valence-electron chi connectivity index (χ4n) is 5.75. The molecule has 1 heterocycles. The van der Waals surface area contributed by atoms with E-state index in [1.807, 2.05) is 6.92 Å². The normalized spacial score (nSPS) is 34.2. The zero-order valence-corrected chi connectivity index (χ0v) is 14.2. The van der Waals surface area contributed by atoms with Crippen LogP contribution in [0.15, 0.2) is 11.3 Å². The standard InChI is InChI=1S/C18H25FN4O/c1-2-23-17(19)15(11-21-23)10-20-22-16(24)9-18-6-12-3-13(7-18)5-14(4-12)8-18/h10-14H,2-9H2,1H3,(H,22,24)/b20-10+. The van der Waals surface area contributed by atoms with Crippen LogP contribution in [0.25, 0.3) is 0 Å². The summed E-state index contributed by atoms with van der Waals surface area (Å²) in [5.74, 6) is 2.04. The largest absolute Gasteiger partial charge is 0.273 e. The molecule has 24 heavy (non-hydrogen) atoms. The first-order chi connectivity index (χ1) is 11.6. The van der Waals surface area contributed by atoms with Crippen molar-refractivity contribution in [3.63, 3.8) is 0 Å². The highest BCUT2D eigenvalue weighted by molar-refractivity contribution is 5.82. The fourth-order valence-corrected chi connectivity index (χ4v) is 5.75. The van der Waals surface area contributed by atoms with Gasteiger partial charge in [0.1, 0.15) is 0 Å². The first-order valence-corrected chi connectivity index (χ1v) is 9.10. The molecule has 1 aromatic heterocycles. The molecular weight excluding hydrogens is 307 g/mol. The van der Waals surface area contributed by atoms with Gasteiger partial charge in [0.05, 0.1) is 18.0 Å². The Morgan fingerprint density at radius 3 is 2.54 bits per heavy atom. The van der Waals surface area contributed by atoms with Crippen LogP contribution in [0.1, 0.15) is 57.4 Å². The van der Waals surface area contributed by atoms with Crippen molar-refractivity contribution in [1.82, 2.24) is 15.2 Å². The maximum absolute atomic E-state index is 13.8. The predicted octanol–water partition coefficient (Wildman–Crippen LogP) is 3.10. The van der Waals surface area contributed by atoms with Crippen LogP contribution in [0.3, 0.4) is 0 Å². The van der Waals surface area contributed by atoms with Crippen molar-refractivity contribution in [1.29, 1.82) is 0 Å². The van der Waals surface area contributed by atoms with Crippen LogP contribution in [0.5, 0.6) is 0 Å². The molecule has 0 spiro atoms. The molecule has 6 heteroatoms. The third kappa shape index (κ3) is 2.87. The van der Waals surface area contributed by atoms with Crippen LogP contribution >= 0.6 is 0 Å². The second-order valence-electron chi connectivity index (χ2n) is 8.09. The number of carbonyl (C=O) groups is 1. The Bertz CT molecular complexity index is 631. The number of carbonyl (C=O) groups excluding carboxylic acids is 1. The van der Waals surface area contributed by atoms with Crippen molar-refractivity contribution >= 4 is 12.1 Å². The minimum atomic E-state index is -0.420. The molecule has 5 rings (SSSR count). The average molecular weight is 332 g/mol. The average Bonchev–Trinajstić information content (AvgIpc) is 2.86. The molecule has 0 aromatic carbocycles. The molecule has 130 valence electrons. The number of aryl methyl sites for hydroxylation is 1. The lowest BCUT2D eigenvalue weighted by Crippen LogP contribution is -2.47. The number of aromatic nitrogens is 2. The van der Waals surface area contributed by atoms with E-state index in [0.717, 1.165) is 17.8 Å². The maximum Gasteiger partial charge on any atom is 0.240 e. The van der Waals surface area contributed by atoms with Crippen LogP contribution in [-0.4, -0.2) is 21.9 Å². The summed E-state index contributed by atoms with van der Waals surface area (Å²) < 4.78 is 15.1. The number of nitrogens with one attached hydrogen (secondary N) is 1. The molecule has 0 radical (unpaired) electrons. The molecule has 4 aliphatic rings. The minimum Gasteiger partial charge on any atom is -0.273 e. The van der Waals surface area contributed by atoms with Gasteiger partial charge < -0.3 is 0 Å². The van der Waals surface area contributed by atoms with E-state index < -0.39 is 5.95 Å². The summed E-state index contributed by atoms with van der Waals surface area (Å²) in [6.45, 7) is 2.29. The van der Waals surface area contributed by atoms with Gasteiger partial charge in [-0.1, -0.05) is 0 Å². The van der Waals surface area contributed by atoms with E-state index in [-0.39, 0.29) is 11.3 Å². The Kier molecular flexibility index (Phi) is 3.93. The number of halogens is 1.